The number of hydrogen-bond donors (Lipinski definition) is 4. The Labute approximate surface area is 201 Å². The number of aliphatic hydroxyl groups excluding tert-OH is 1. The fourth-order valence-electron chi connectivity index (χ4n) is 2.63. The van der Waals surface area contributed by atoms with Gasteiger partial charge in [-0.15, -0.1) is 6.58 Å². The van der Waals surface area contributed by atoms with Gasteiger partial charge in [0, 0.05) is 32.4 Å². The Bertz CT molecular complexity index is 601. The number of aliphatic hydroxyl groups is 1. The smallest absolute Gasteiger partial charge is 0.330 e. The van der Waals surface area contributed by atoms with Crippen molar-refractivity contribution in [1.29, 1.82) is 0 Å². The summed E-state index contributed by atoms with van der Waals surface area (Å²) >= 11 is 0. The van der Waals surface area contributed by atoms with Gasteiger partial charge < -0.3 is 39.8 Å². The lowest BCUT2D eigenvalue weighted by Crippen LogP contribution is -2.43. The molecule has 0 rings (SSSR count). The summed E-state index contributed by atoms with van der Waals surface area (Å²) < 4.78 is 22.1. The van der Waals surface area contributed by atoms with Gasteiger partial charge in [0.2, 0.25) is 0 Å². The molecule has 0 bridgehead atoms. The standard InChI is InChI=1S/C23H40N2O9/c1-3-14-31-16-23(18-33-21(29)4-2,17-32-15-6-10-24-9-5-13-26)19-34-22(30)8-12-25-11-7-20(27)28/h3-4,24-26H,1-2,5-19H2,(H,27,28). The van der Waals surface area contributed by atoms with Crippen molar-refractivity contribution in [2.45, 2.75) is 25.7 Å². The van der Waals surface area contributed by atoms with Crippen molar-refractivity contribution in [3.05, 3.63) is 25.3 Å². The highest BCUT2D eigenvalue weighted by atomic mass is 16.6. The van der Waals surface area contributed by atoms with E-state index >= 15 is 0 Å². The van der Waals surface area contributed by atoms with Crippen LogP contribution >= 0.6 is 0 Å². The minimum atomic E-state index is -0.932. The minimum absolute atomic E-state index is 0.0399. The Kier molecular flexibility index (Phi) is 19.8. The zero-order chi connectivity index (χ0) is 25.5. The molecule has 0 aliphatic rings. The molecule has 0 aliphatic carbocycles. The number of carbonyl (C=O) groups excluding carboxylic acids is 2. The van der Waals surface area contributed by atoms with Crippen LogP contribution in [0.1, 0.15) is 25.7 Å². The number of carboxylic acid groups (broad SMARTS) is 1. The summed E-state index contributed by atoms with van der Waals surface area (Å²) in [4.78, 5) is 34.4. The first-order chi connectivity index (χ1) is 16.4. The number of esters is 2. The van der Waals surface area contributed by atoms with Crippen LogP contribution in [-0.2, 0) is 33.3 Å². The van der Waals surface area contributed by atoms with E-state index in [0.717, 1.165) is 19.0 Å². The number of carbonyl (C=O) groups is 3. The number of carboxylic acids is 1. The first kappa shape index (κ1) is 31.7. The molecule has 0 amide bonds. The van der Waals surface area contributed by atoms with Crippen molar-refractivity contribution < 1.29 is 43.5 Å². The lowest BCUT2D eigenvalue weighted by molar-refractivity contribution is -0.159. The average molecular weight is 489 g/mol. The van der Waals surface area contributed by atoms with Crippen molar-refractivity contribution in [3.8, 4) is 0 Å². The fourth-order valence-corrected chi connectivity index (χ4v) is 2.63. The first-order valence-corrected chi connectivity index (χ1v) is 11.3. The van der Waals surface area contributed by atoms with Crippen molar-refractivity contribution in [2.24, 2.45) is 5.41 Å². The van der Waals surface area contributed by atoms with Crippen LogP contribution < -0.4 is 10.6 Å². The van der Waals surface area contributed by atoms with Crippen molar-refractivity contribution in [3.63, 3.8) is 0 Å². The normalized spacial score (nSPS) is 12.5. The molecule has 0 radical (unpaired) electrons. The minimum Gasteiger partial charge on any atom is -0.481 e. The van der Waals surface area contributed by atoms with Gasteiger partial charge in [-0.1, -0.05) is 12.7 Å². The Morgan fingerprint density at radius 2 is 1.50 bits per heavy atom. The van der Waals surface area contributed by atoms with Crippen LogP contribution in [0.3, 0.4) is 0 Å². The van der Waals surface area contributed by atoms with Crippen LogP contribution in [-0.4, -0.2) is 101 Å². The summed E-state index contributed by atoms with van der Waals surface area (Å²) in [7, 11) is 0. The highest BCUT2D eigenvalue weighted by Gasteiger charge is 2.35. The van der Waals surface area contributed by atoms with Crippen LogP contribution in [0.15, 0.2) is 25.3 Å². The molecule has 11 heteroatoms. The molecule has 0 saturated carbocycles. The highest BCUT2D eigenvalue weighted by Crippen LogP contribution is 2.21. The molecule has 0 aromatic rings. The van der Waals surface area contributed by atoms with Gasteiger partial charge in [-0.2, -0.15) is 0 Å². The Hall–Kier alpha value is -2.31. The SMILES string of the molecule is C=CCOCC(COCCCNCCCO)(COC(=O)C=C)COC(=O)CCNCCC(=O)O. The molecule has 1 atom stereocenters. The van der Waals surface area contributed by atoms with E-state index in [9.17, 15) is 14.4 Å². The highest BCUT2D eigenvalue weighted by molar-refractivity contribution is 5.81. The molecule has 0 spiro atoms. The van der Waals surface area contributed by atoms with E-state index in [1.54, 1.807) is 6.08 Å². The maximum absolute atomic E-state index is 12.2. The number of rotatable bonds is 24. The van der Waals surface area contributed by atoms with E-state index < -0.39 is 23.3 Å². The second-order valence-corrected chi connectivity index (χ2v) is 7.65. The van der Waals surface area contributed by atoms with Crippen LogP contribution in [0.25, 0.3) is 0 Å². The van der Waals surface area contributed by atoms with E-state index in [1.165, 1.54) is 0 Å². The fraction of sp³-hybridized carbons (Fsp3) is 0.696. The summed E-state index contributed by atoms with van der Waals surface area (Å²) in [5, 5.41) is 23.5. The third-order valence-corrected chi connectivity index (χ3v) is 4.45. The Balaban J connectivity index is 4.83. The number of hydrogen-bond acceptors (Lipinski definition) is 10. The molecule has 0 heterocycles. The van der Waals surface area contributed by atoms with Crippen LogP contribution in [0.2, 0.25) is 0 Å². The summed E-state index contributed by atoms with van der Waals surface area (Å²) in [6.45, 7) is 9.79. The molecule has 4 N–H and O–H groups in total. The third-order valence-electron chi connectivity index (χ3n) is 4.45. The van der Waals surface area contributed by atoms with Crippen molar-refractivity contribution in [1.82, 2.24) is 10.6 Å². The molecule has 196 valence electrons. The zero-order valence-corrected chi connectivity index (χ0v) is 19.9. The zero-order valence-electron chi connectivity index (χ0n) is 19.9. The first-order valence-electron chi connectivity index (χ1n) is 11.3. The second-order valence-electron chi connectivity index (χ2n) is 7.65. The van der Waals surface area contributed by atoms with Gasteiger partial charge >= 0.3 is 17.9 Å². The van der Waals surface area contributed by atoms with Crippen LogP contribution in [0, 0.1) is 5.41 Å². The van der Waals surface area contributed by atoms with Gasteiger partial charge in [0.25, 0.3) is 0 Å². The van der Waals surface area contributed by atoms with E-state index in [4.69, 9.17) is 29.2 Å². The van der Waals surface area contributed by atoms with E-state index in [0.29, 0.717) is 19.6 Å². The van der Waals surface area contributed by atoms with Crippen molar-refractivity contribution >= 4 is 17.9 Å². The monoisotopic (exact) mass is 488 g/mol. The molecular weight excluding hydrogens is 448 g/mol. The molecule has 34 heavy (non-hydrogen) atoms. The van der Waals surface area contributed by atoms with Crippen LogP contribution in [0.5, 0.6) is 0 Å². The maximum Gasteiger partial charge on any atom is 0.330 e. The molecule has 0 fully saturated rings. The maximum atomic E-state index is 12.2. The molecular formula is C23H40N2O9. The van der Waals surface area contributed by atoms with Crippen LogP contribution in [0.4, 0.5) is 0 Å². The number of nitrogens with one attached hydrogen (secondary N) is 2. The predicted molar refractivity (Wildman–Crippen MR) is 125 cm³/mol. The average Bonchev–Trinajstić information content (AvgIpc) is 2.82. The molecule has 11 nitrogen and oxygen atoms in total. The third kappa shape index (κ3) is 18.2. The topological polar surface area (TPSA) is 153 Å². The Morgan fingerprint density at radius 3 is 2.18 bits per heavy atom. The summed E-state index contributed by atoms with van der Waals surface area (Å²) in [5.41, 5.74) is -0.932. The lowest BCUT2D eigenvalue weighted by atomic mass is 9.92. The molecule has 0 aliphatic heterocycles. The summed E-state index contributed by atoms with van der Waals surface area (Å²) in [6.07, 6.45) is 4.04. The molecule has 0 saturated heterocycles. The largest absolute Gasteiger partial charge is 0.481 e. The van der Waals surface area contributed by atoms with E-state index in [-0.39, 0.29) is 65.6 Å². The Morgan fingerprint density at radius 1 is 0.853 bits per heavy atom. The van der Waals surface area contributed by atoms with E-state index in [1.807, 2.05) is 0 Å². The van der Waals surface area contributed by atoms with E-state index in [2.05, 4.69) is 23.8 Å². The van der Waals surface area contributed by atoms with Gasteiger partial charge in [-0.3, -0.25) is 9.59 Å². The summed E-state index contributed by atoms with van der Waals surface area (Å²) in [5.74, 6) is -2.02. The number of aliphatic carboxylic acids is 1. The lowest BCUT2D eigenvalue weighted by Gasteiger charge is -2.32. The second kappa shape index (κ2) is 21.2. The molecule has 1 unspecified atom stereocenters. The molecule has 0 aromatic carbocycles. The summed E-state index contributed by atoms with van der Waals surface area (Å²) in [6, 6.07) is 0. The predicted octanol–water partition coefficient (Wildman–Crippen LogP) is 0.281. The number of ether oxygens (including phenoxy) is 4. The van der Waals surface area contributed by atoms with Gasteiger partial charge in [-0.05, 0) is 25.9 Å². The van der Waals surface area contributed by atoms with Gasteiger partial charge in [0.15, 0.2) is 0 Å². The van der Waals surface area contributed by atoms with Gasteiger partial charge in [0.05, 0.1) is 38.1 Å². The van der Waals surface area contributed by atoms with Crippen molar-refractivity contribution in [2.75, 3.05) is 72.4 Å². The quantitative estimate of drug-likeness (QED) is 0.0641. The van der Waals surface area contributed by atoms with Gasteiger partial charge in [0.1, 0.15) is 13.2 Å². The molecule has 0 aromatic heterocycles. The van der Waals surface area contributed by atoms with Gasteiger partial charge in [-0.25, -0.2) is 4.79 Å².